The van der Waals surface area contributed by atoms with Crippen molar-refractivity contribution in [3.8, 4) is 11.5 Å². The Morgan fingerprint density at radius 2 is 1.73 bits per heavy atom. The van der Waals surface area contributed by atoms with Crippen LogP contribution in [-0.4, -0.2) is 57.1 Å². The van der Waals surface area contributed by atoms with Gasteiger partial charge in [-0.3, -0.25) is 9.59 Å². The second-order valence-corrected chi connectivity index (χ2v) is 10.9. The molecular formula is C27H33N3O6S. The Morgan fingerprint density at radius 3 is 2.41 bits per heavy atom. The van der Waals surface area contributed by atoms with Crippen molar-refractivity contribution in [3.63, 3.8) is 0 Å². The van der Waals surface area contributed by atoms with Gasteiger partial charge in [-0.1, -0.05) is 12.5 Å². The van der Waals surface area contributed by atoms with E-state index in [9.17, 15) is 18.0 Å². The molecule has 0 radical (unpaired) electrons. The molecule has 37 heavy (non-hydrogen) atoms. The number of rotatable bonds is 9. The van der Waals surface area contributed by atoms with Gasteiger partial charge in [0.25, 0.3) is 5.91 Å². The summed E-state index contributed by atoms with van der Waals surface area (Å²) in [6.45, 7) is 3.67. The van der Waals surface area contributed by atoms with Crippen LogP contribution in [0.4, 0.5) is 0 Å². The summed E-state index contributed by atoms with van der Waals surface area (Å²) in [6, 6.07) is 10.1. The van der Waals surface area contributed by atoms with Gasteiger partial charge in [0.2, 0.25) is 15.5 Å². The molecule has 10 heteroatoms. The number of amides is 1. The molecule has 1 N–H and O–H groups in total. The smallest absolute Gasteiger partial charge is 0.256 e. The van der Waals surface area contributed by atoms with E-state index >= 15 is 0 Å². The molecule has 0 atom stereocenters. The van der Waals surface area contributed by atoms with E-state index in [2.05, 4.69) is 5.32 Å². The second kappa shape index (κ2) is 11.4. The van der Waals surface area contributed by atoms with Gasteiger partial charge in [0.1, 0.15) is 5.56 Å². The highest BCUT2D eigenvalue weighted by Crippen LogP contribution is 2.27. The van der Waals surface area contributed by atoms with Gasteiger partial charge < -0.3 is 19.4 Å². The summed E-state index contributed by atoms with van der Waals surface area (Å²) in [7, 11) is -0.587. The maximum atomic E-state index is 13.4. The standard InChI is InChI=1S/C27H33N3O6S/c1-4-29-18-22(27(32)28-13-12-19-8-11-24(35-2)25(16-19)36-3)26(31)21-17-20(9-10-23(21)29)37(33,34)30-14-6-5-7-15-30/h8-11,16-18H,4-7,12-15H2,1-3H3,(H,28,32). The number of aromatic nitrogens is 1. The summed E-state index contributed by atoms with van der Waals surface area (Å²) in [5.41, 5.74) is 1.02. The summed E-state index contributed by atoms with van der Waals surface area (Å²) in [6.07, 6.45) is 4.72. The molecule has 0 unspecified atom stereocenters. The number of fused-ring (bicyclic) bond motifs is 1. The maximum Gasteiger partial charge on any atom is 0.256 e. The summed E-state index contributed by atoms with van der Waals surface area (Å²) < 4.78 is 40.2. The van der Waals surface area contributed by atoms with Crippen molar-refractivity contribution in [2.75, 3.05) is 33.9 Å². The number of ether oxygens (including phenoxy) is 2. The molecule has 1 amide bonds. The minimum absolute atomic E-state index is 0.0193. The number of carbonyl (C=O) groups excluding carboxylic acids is 1. The van der Waals surface area contributed by atoms with E-state index in [1.165, 1.54) is 16.6 Å². The maximum absolute atomic E-state index is 13.4. The van der Waals surface area contributed by atoms with Gasteiger partial charge in [-0.2, -0.15) is 4.31 Å². The number of methoxy groups -OCH3 is 2. The molecule has 0 aliphatic carbocycles. The van der Waals surface area contributed by atoms with E-state index < -0.39 is 21.4 Å². The zero-order chi connectivity index (χ0) is 26.6. The van der Waals surface area contributed by atoms with Gasteiger partial charge in [-0.25, -0.2) is 8.42 Å². The van der Waals surface area contributed by atoms with E-state index in [1.54, 1.807) is 37.0 Å². The van der Waals surface area contributed by atoms with Crippen LogP contribution in [-0.2, 0) is 23.0 Å². The number of aryl methyl sites for hydroxylation is 1. The lowest BCUT2D eigenvalue weighted by Gasteiger charge is -2.26. The number of piperidine rings is 1. The molecule has 3 aromatic rings. The van der Waals surface area contributed by atoms with Crippen LogP contribution in [0.1, 0.15) is 42.1 Å². The van der Waals surface area contributed by atoms with Crippen molar-refractivity contribution >= 4 is 26.8 Å². The fourth-order valence-electron chi connectivity index (χ4n) is 4.67. The van der Waals surface area contributed by atoms with E-state index in [1.807, 2.05) is 19.1 Å². The average molecular weight is 528 g/mol. The van der Waals surface area contributed by atoms with Gasteiger partial charge >= 0.3 is 0 Å². The van der Waals surface area contributed by atoms with Gasteiger partial charge in [0.15, 0.2) is 11.5 Å². The van der Waals surface area contributed by atoms with Gasteiger partial charge in [0.05, 0.1) is 24.6 Å². The van der Waals surface area contributed by atoms with Crippen LogP contribution >= 0.6 is 0 Å². The van der Waals surface area contributed by atoms with Crippen molar-refractivity contribution in [2.24, 2.45) is 0 Å². The summed E-state index contributed by atoms with van der Waals surface area (Å²) in [4.78, 5) is 26.5. The van der Waals surface area contributed by atoms with Crippen LogP contribution in [0, 0.1) is 0 Å². The molecule has 0 saturated carbocycles. The third kappa shape index (κ3) is 5.50. The van der Waals surface area contributed by atoms with Crippen molar-refractivity contribution in [2.45, 2.75) is 44.0 Å². The molecule has 4 rings (SSSR count). The number of hydrogen-bond acceptors (Lipinski definition) is 6. The third-order valence-electron chi connectivity index (χ3n) is 6.74. The summed E-state index contributed by atoms with van der Waals surface area (Å²) in [5.74, 6) is 0.717. The van der Waals surface area contributed by atoms with Gasteiger partial charge in [-0.15, -0.1) is 0 Å². The summed E-state index contributed by atoms with van der Waals surface area (Å²) in [5, 5.41) is 3.03. The monoisotopic (exact) mass is 527 g/mol. The normalized spacial score (nSPS) is 14.5. The predicted molar refractivity (Wildman–Crippen MR) is 142 cm³/mol. The minimum atomic E-state index is -3.71. The highest BCUT2D eigenvalue weighted by Gasteiger charge is 2.27. The lowest BCUT2D eigenvalue weighted by molar-refractivity contribution is 0.0952. The van der Waals surface area contributed by atoms with Crippen LogP contribution in [0.3, 0.4) is 0 Å². The van der Waals surface area contributed by atoms with Crippen molar-refractivity contribution < 1.29 is 22.7 Å². The first-order chi connectivity index (χ1) is 17.8. The zero-order valence-corrected chi connectivity index (χ0v) is 22.3. The first-order valence-corrected chi connectivity index (χ1v) is 13.9. The second-order valence-electron chi connectivity index (χ2n) is 9.00. The van der Waals surface area contributed by atoms with Gasteiger partial charge in [-0.05, 0) is 62.1 Å². The van der Waals surface area contributed by atoms with Crippen molar-refractivity contribution in [3.05, 3.63) is 63.9 Å². The van der Waals surface area contributed by atoms with Crippen molar-refractivity contribution in [1.82, 2.24) is 14.2 Å². The molecule has 1 aromatic heterocycles. The number of pyridine rings is 1. The third-order valence-corrected chi connectivity index (χ3v) is 8.63. The SMILES string of the molecule is CCn1cc(C(=O)NCCc2ccc(OC)c(OC)c2)c(=O)c2cc(S(=O)(=O)N3CCCCC3)ccc21. The highest BCUT2D eigenvalue weighted by atomic mass is 32.2. The Labute approximate surface area is 217 Å². The topological polar surface area (TPSA) is 107 Å². The van der Waals surface area contributed by atoms with E-state index in [0.29, 0.717) is 49.6 Å². The lowest BCUT2D eigenvalue weighted by atomic mass is 10.1. The molecule has 9 nitrogen and oxygen atoms in total. The van der Waals surface area contributed by atoms with Crippen LogP contribution in [0.15, 0.2) is 52.3 Å². The Bertz CT molecular complexity index is 1460. The molecule has 198 valence electrons. The lowest BCUT2D eigenvalue weighted by Crippen LogP contribution is -2.35. The molecule has 1 aliphatic heterocycles. The van der Waals surface area contributed by atoms with E-state index in [4.69, 9.17) is 9.47 Å². The molecule has 0 spiro atoms. The molecule has 1 aliphatic rings. The molecule has 1 fully saturated rings. The number of carbonyl (C=O) groups is 1. The largest absolute Gasteiger partial charge is 0.493 e. The Hall–Kier alpha value is -3.37. The van der Waals surface area contributed by atoms with Crippen LogP contribution in [0.25, 0.3) is 10.9 Å². The summed E-state index contributed by atoms with van der Waals surface area (Å²) >= 11 is 0. The number of nitrogens with zero attached hydrogens (tertiary/aromatic N) is 2. The van der Waals surface area contributed by atoms with E-state index in [0.717, 1.165) is 24.8 Å². The predicted octanol–water partition coefficient (Wildman–Crippen LogP) is 3.19. The number of hydrogen-bond donors (Lipinski definition) is 1. The Kier molecular flexibility index (Phi) is 8.19. The molecule has 0 bridgehead atoms. The Balaban J connectivity index is 1.59. The van der Waals surface area contributed by atoms with Crippen LogP contribution in [0.5, 0.6) is 11.5 Å². The zero-order valence-electron chi connectivity index (χ0n) is 21.5. The van der Waals surface area contributed by atoms with Crippen molar-refractivity contribution in [1.29, 1.82) is 0 Å². The average Bonchev–Trinajstić information content (AvgIpc) is 2.93. The van der Waals surface area contributed by atoms with Crippen LogP contribution in [0.2, 0.25) is 0 Å². The van der Waals surface area contributed by atoms with E-state index in [-0.39, 0.29) is 15.8 Å². The Morgan fingerprint density at radius 1 is 1.00 bits per heavy atom. The molecule has 2 aromatic carbocycles. The van der Waals surface area contributed by atoms with Crippen LogP contribution < -0.4 is 20.2 Å². The number of sulfonamides is 1. The highest BCUT2D eigenvalue weighted by molar-refractivity contribution is 7.89. The number of nitrogens with one attached hydrogen (secondary N) is 1. The van der Waals surface area contributed by atoms with Gasteiger partial charge in [0, 0.05) is 37.8 Å². The first kappa shape index (κ1) is 26.7. The molecule has 1 saturated heterocycles. The fraction of sp³-hybridized carbons (Fsp3) is 0.407. The fourth-order valence-corrected chi connectivity index (χ4v) is 6.21. The molecule has 2 heterocycles. The number of benzene rings is 2. The minimum Gasteiger partial charge on any atom is -0.493 e. The first-order valence-electron chi connectivity index (χ1n) is 12.5. The quantitative estimate of drug-likeness (QED) is 0.458. The molecular weight excluding hydrogens is 494 g/mol.